The molecule has 0 bridgehead atoms. The number of aromatic nitrogens is 3. The summed E-state index contributed by atoms with van der Waals surface area (Å²) in [5, 5.41) is 5.60. The number of nitrogens with zero attached hydrogens (tertiary/aromatic N) is 4. The lowest BCUT2D eigenvalue weighted by molar-refractivity contribution is -0.0402. The molecule has 3 aromatic rings. The topological polar surface area (TPSA) is 63.2 Å². The zero-order valence-electron chi connectivity index (χ0n) is 20.3. The summed E-state index contributed by atoms with van der Waals surface area (Å²) >= 11 is 3.32. The molecule has 1 aliphatic heterocycles. The molecule has 3 aromatic heterocycles. The van der Waals surface area contributed by atoms with Gasteiger partial charge in [-0.2, -0.15) is 0 Å². The Morgan fingerprint density at radius 1 is 1.19 bits per heavy atom. The summed E-state index contributed by atoms with van der Waals surface area (Å²) in [5.74, 6) is 1.48. The van der Waals surface area contributed by atoms with Crippen LogP contribution in [0.3, 0.4) is 0 Å². The van der Waals surface area contributed by atoms with Gasteiger partial charge >= 0.3 is 0 Å². The number of ether oxygens (including phenoxy) is 1. The summed E-state index contributed by atoms with van der Waals surface area (Å²) in [6.45, 7) is 11.4. The molecule has 174 valence electrons. The van der Waals surface area contributed by atoms with Crippen molar-refractivity contribution in [3.63, 3.8) is 0 Å². The van der Waals surface area contributed by atoms with E-state index in [1.165, 1.54) is 22.2 Å². The van der Waals surface area contributed by atoms with Crippen molar-refractivity contribution in [1.29, 1.82) is 0 Å². The van der Waals surface area contributed by atoms with E-state index in [-0.39, 0.29) is 5.60 Å². The number of rotatable bonds is 8. The van der Waals surface area contributed by atoms with Crippen LogP contribution >= 0.6 is 23.1 Å². The number of hydrogen-bond acceptors (Lipinski definition) is 8. The van der Waals surface area contributed by atoms with Gasteiger partial charge in [0, 0.05) is 29.6 Å². The fourth-order valence-electron chi connectivity index (χ4n) is 4.29. The molecular formula is C24H35N5OS2. The molecule has 6 nitrogen and oxygen atoms in total. The zero-order chi connectivity index (χ0) is 23.0. The number of thiophene rings is 1. The summed E-state index contributed by atoms with van der Waals surface area (Å²) in [7, 11) is 4.21. The number of nitrogens with one attached hydrogen (secondary N) is 1. The molecule has 0 spiro atoms. The number of thioether (sulfide) groups is 1. The number of fused-ring (bicyclic) bond motifs is 5. The average Bonchev–Trinajstić information content (AvgIpc) is 3.08. The van der Waals surface area contributed by atoms with Crippen molar-refractivity contribution in [1.82, 2.24) is 19.9 Å². The van der Waals surface area contributed by atoms with Gasteiger partial charge in [0.1, 0.15) is 10.6 Å². The quantitative estimate of drug-likeness (QED) is 0.268. The van der Waals surface area contributed by atoms with Crippen molar-refractivity contribution in [3.8, 4) is 0 Å². The van der Waals surface area contributed by atoms with Crippen LogP contribution in [0.1, 0.15) is 50.9 Å². The molecule has 4 rings (SSSR count). The first-order chi connectivity index (χ1) is 15.2. The highest BCUT2D eigenvalue weighted by Gasteiger charge is 2.32. The van der Waals surface area contributed by atoms with Gasteiger partial charge in [0.2, 0.25) is 0 Å². The summed E-state index contributed by atoms with van der Waals surface area (Å²) in [4.78, 5) is 18.3. The Kier molecular flexibility index (Phi) is 6.96. The van der Waals surface area contributed by atoms with Crippen molar-refractivity contribution in [2.75, 3.05) is 38.8 Å². The van der Waals surface area contributed by atoms with E-state index in [1.54, 1.807) is 23.1 Å². The van der Waals surface area contributed by atoms with E-state index in [4.69, 9.17) is 19.7 Å². The Morgan fingerprint density at radius 3 is 2.66 bits per heavy atom. The Labute approximate surface area is 199 Å². The number of pyridine rings is 1. The third-order valence-electron chi connectivity index (χ3n) is 5.81. The van der Waals surface area contributed by atoms with E-state index in [9.17, 15) is 0 Å². The highest BCUT2D eigenvalue weighted by molar-refractivity contribution is 7.98. The number of anilines is 1. The zero-order valence-corrected chi connectivity index (χ0v) is 22.0. The molecule has 1 aliphatic rings. The molecule has 0 amide bonds. The minimum absolute atomic E-state index is 0.187. The summed E-state index contributed by atoms with van der Waals surface area (Å²) in [6.07, 6.45) is 4.95. The molecule has 0 aliphatic carbocycles. The average molecular weight is 474 g/mol. The predicted molar refractivity (Wildman–Crippen MR) is 137 cm³/mol. The van der Waals surface area contributed by atoms with Crippen LogP contribution in [0, 0.1) is 5.92 Å². The van der Waals surface area contributed by atoms with E-state index >= 15 is 0 Å². The highest BCUT2D eigenvalue weighted by atomic mass is 32.2. The standard InChI is InChI=1S/C24H35N5OS2/c1-14(2)11-17-16-13-30-24(3,4)12-15(16)18-19-20(32-22(18)26-17)21(28-23(27-19)31-7)25-9-8-10-29(5)6/h14H,8-13H2,1-7H3,(H,25,27,28). The first kappa shape index (κ1) is 23.7. The SMILES string of the molecule is CSc1nc(NCCCN(C)C)c2sc3nc(CC(C)C)c4c(c3c2n1)CC(C)(C)OC4. The van der Waals surface area contributed by atoms with Crippen LogP contribution < -0.4 is 5.32 Å². The smallest absolute Gasteiger partial charge is 0.189 e. The van der Waals surface area contributed by atoms with E-state index in [2.05, 4.69) is 52.0 Å². The first-order valence-electron chi connectivity index (χ1n) is 11.4. The van der Waals surface area contributed by atoms with Gasteiger partial charge in [0.05, 0.1) is 22.4 Å². The monoisotopic (exact) mass is 473 g/mol. The van der Waals surface area contributed by atoms with Crippen LogP contribution in [0.2, 0.25) is 0 Å². The Morgan fingerprint density at radius 2 is 1.97 bits per heavy atom. The van der Waals surface area contributed by atoms with Crippen molar-refractivity contribution in [3.05, 3.63) is 16.8 Å². The van der Waals surface area contributed by atoms with Crippen molar-refractivity contribution < 1.29 is 4.74 Å². The Balaban J connectivity index is 1.88. The van der Waals surface area contributed by atoms with Gasteiger partial charge in [-0.3, -0.25) is 0 Å². The Hall–Kier alpha value is -1.48. The molecule has 0 saturated heterocycles. The third-order valence-corrected chi connectivity index (χ3v) is 7.44. The maximum atomic E-state index is 6.22. The molecule has 32 heavy (non-hydrogen) atoms. The molecule has 1 N–H and O–H groups in total. The van der Waals surface area contributed by atoms with Crippen molar-refractivity contribution in [2.24, 2.45) is 5.92 Å². The van der Waals surface area contributed by atoms with Gasteiger partial charge in [-0.05, 0) is 65.1 Å². The van der Waals surface area contributed by atoms with Crippen LogP contribution in [0.25, 0.3) is 20.4 Å². The van der Waals surface area contributed by atoms with Crippen LogP contribution in [0.4, 0.5) is 5.82 Å². The van der Waals surface area contributed by atoms with Crippen molar-refractivity contribution >= 4 is 49.3 Å². The Bertz CT molecular complexity index is 1120. The summed E-state index contributed by atoms with van der Waals surface area (Å²) in [5.41, 5.74) is 4.68. The first-order valence-corrected chi connectivity index (χ1v) is 13.4. The van der Waals surface area contributed by atoms with Gasteiger partial charge < -0.3 is 15.0 Å². The van der Waals surface area contributed by atoms with E-state index in [0.717, 1.165) is 58.4 Å². The largest absolute Gasteiger partial charge is 0.370 e. The van der Waals surface area contributed by atoms with Crippen LogP contribution in [0.5, 0.6) is 0 Å². The fourth-order valence-corrected chi connectivity index (χ4v) is 5.78. The maximum Gasteiger partial charge on any atom is 0.189 e. The van der Waals surface area contributed by atoms with Crippen LogP contribution in [0.15, 0.2) is 5.16 Å². The molecular weight excluding hydrogens is 438 g/mol. The van der Waals surface area contributed by atoms with Crippen molar-refractivity contribution in [2.45, 2.75) is 64.3 Å². The number of hydrogen-bond donors (Lipinski definition) is 1. The lowest BCUT2D eigenvalue weighted by Crippen LogP contribution is -2.33. The molecule has 0 saturated carbocycles. The van der Waals surface area contributed by atoms with Gasteiger partial charge in [0.15, 0.2) is 5.16 Å². The molecule has 0 fully saturated rings. The van der Waals surface area contributed by atoms with E-state index in [1.807, 2.05) is 6.26 Å². The predicted octanol–water partition coefficient (Wildman–Crippen LogP) is 5.37. The van der Waals surface area contributed by atoms with Crippen LogP contribution in [-0.4, -0.2) is 58.9 Å². The van der Waals surface area contributed by atoms with E-state index in [0.29, 0.717) is 12.5 Å². The third kappa shape index (κ3) is 4.88. The molecule has 8 heteroatoms. The lowest BCUT2D eigenvalue weighted by Gasteiger charge is -2.33. The fraction of sp³-hybridized carbons (Fsp3) is 0.625. The second kappa shape index (κ2) is 9.41. The summed E-state index contributed by atoms with van der Waals surface area (Å²) < 4.78 is 7.33. The summed E-state index contributed by atoms with van der Waals surface area (Å²) in [6, 6.07) is 0. The minimum Gasteiger partial charge on any atom is -0.370 e. The van der Waals surface area contributed by atoms with Gasteiger partial charge in [-0.15, -0.1) is 11.3 Å². The molecule has 0 atom stereocenters. The van der Waals surface area contributed by atoms with Gasteiger partial charge in [0.25, 0.3) is 0 Å². The lowest BCUT2D eigenvalue weighted by atomic mass is 9.88. The second-order valence-electron chi connectivity index (χ2n) is 9.94. The molecule has 0 radical (unpaired) electrons. The molecule has 0 aromatic carbocycles. The van der Waals surface area contributed by atoms with Gasteiger partial charge in [-0.1, -0.05) is 25.6 Å². The normalized spacial score (nSPS) is 15.8. The maximum absolute atomic E-state index is 6.22. The highest BCUT2D eigenvalue weighted by Crippen LogP contribution is 2.43. The molecule has 4 heterocycles. The molecule has 0 unspecified atom stereocenters. The van der Waals surface area contributed by atoms with Gasteiger partial charge in [-0.25, -0.2) is 15.0 Å². The van der Waals surface area contributed by atoms with E-state index < -0.39 is 0 Å². The minimum atomic E-state index is -0.187. The van der Waals surface area contributed by atoms with Crippen LogP contribution in [-0.2, 0) is 24.2 Å². The second-order valence-corrected chi connectivity index (χ2v) is 11.7.